The molecule has 0 aliphatic rings. The van der Waals surface area contributed by atoms with Crippen molar-refractivity contribution in [3.8, 4) is 11.5 Å². The molecule has 0 saturated carbocycles. The van der Waals surface area contributed by atoms with E-state index in [-0.39, 0.29) is 5.89 Å². The summed E-state index contributed by atoms with van der Waals surface area (Å²) in [6, 6.07) is 3.39. The van der Waals surface area contributed by atoms with Crippen LogP contribution >= 0.6 is 11.6 Å². The fourth-order valence-electron chi connectivity index (χ4n) is 1.18. The monoisotopic (exact) mass is 244 g/mol. The van der Waals surface area contributed by atoms with E-state index < -0.39 is 11.6 Å². The molecule has 2 aromatic rings. The normalized spacial score (nSPS) is 10.7. The summed E-state index contributed by atoms with van der Waals surface area (Å²) in [5.74, 6) is -0.980. The van der Waals surface area contributed by atoms with Crippen molar-refractivity contribution in [3.63, 3.8) is 0 Å². The van der Waals surface area contributed by atoms with Crippen LogP contribution in [0.2, 0.25) is 0 Å². The molecule has 0 saturated heterocycles. The molecule has 0 atom stereocenters. The van der Waals surface area contributed by atoms with Crippen molar-refractivity contribution in [3.05, 3.63) is 35.7 Å². The molecule has 1 heterocycles. The van der Waals surface area contributed by atoms with Gasteiger partial charge in [-0.1, -0.05) is 0 Å². The fourth-order valence-corrected chi connectivity index (χ4v) is 1.34. The number of nitrogens with zero attached hydrogens (tertiary/aromatic N) is 2. The van der Waals surface area contributed by atoms with E-state index in [2.05, 4.69) is 10.2 Å². The van der Waals surface area contributed by atoms with Gasteiger partial charge < -0.3 is 4.42 Å². The van der Waals surface area contributed by atoms with Crippen molar-refractivity contribution in [2.75, 3.05) is 5.88 Å². The highest BCUT2D eigenvalue weighted by Crippen LogP contribution is 2.20. The lowest BCUT2D eigenvalue weighted by molar-refractivity contribution is 0.502. The van der Waals surface area contributed by atoms with Gasteiger partial charge in [0, 0.05) is 17.9 Å². The second-order valence-electron chi connectivity index (χ2n) is 3.07. The zero-order valence-corrected chi connectivity index (χ0v) is 8.84. The van der Waals surface area contributed by atoms with E-state index >= 15 is 0 Å². The summed E-state index contributed by atoms with van der Waals surface area (Å²) < 4.78 is 30.8. The van der Waals surface area contributed by atoms with Gasteiger partial charge in [0.15, 0.2) is 11.6 Å². The molecule has 0 aliphatic heterocycles. The maximum absolute atomic E-state index is 12.9. The Morgan fingerprint density at radius 1 is 1.19 bits per heavy atom. The van der Waals surface area contributed by atoms with Gasteiger partial charge in [0.25, 0.3) is 0 Å². The molecule has 0 amide bonds. The van der Waals surface area contributed by atoms with Gasteiger partial charge in [-0.2, -0.15) is 0 Å². The van der Waals surface area contributed by atoms with Gasteiger partial charge in [0.05, 0.1) is 0 Å². The molecule has 0 spiro atoms. The summed E-state index contributed by atoms with van der Waals surface area (Å²) in [4.78, 5) is 0. The molecule has 0 unspecified atom stereocenters. The lowest BCUT2D eigenvalue weighted by Crippen LogP contribution is -1.85. The highest BCUT2D eigenvalue weighted by atomic mass is 35.5. The van der Waals surface area contributed by atoms with E-state index in [1.165, 1.54) is 6.07 Å². The van der Waals surface area contributed by atoms with Crippen molar-refractivity contribution in [1.29, 1.82) is 0 Å². The summed E-state index contributed by atoms with van der Waals surface area (Å²) in [7, 11) is 0. The maximum Gasteiger partial charge on any atom is 0.247 e. The molecule has 3 nitrogen and oxygen atoms in total. The Morgan fingerprint density at radius 2 is 2.00 bits per heavy atom. The summed E-state index contributed by atoms with van der Waals surface area (Å²) in [6.45, 7) is 0. The SMILES string of the molecule is Fc1ccc(-c2nnc(CCCl)o2)cc1F. The van der Waals surface area contributed by atoms with Gasteiger partial charge in [0.1, 0.15) is 0 Å². The quantitative estimate of drug-likeness (QED) is 0.780. The first kappa shape index (κ1) is 11.0. The fraction of sp³-hybridized carbons (Fsp3) is 0.200. The zero-order chi connectivity index (χ0) is 11.5. The lowest BCUT2D eigenvalue weighted by Gasteiger charge is -1.95. The van der Waals surface area contributed by atoms with E-state index in [1.54, 1.807) is 0 Å². The molecule has 6 heteroatoms. The van der Waals surface area contributed by atoms with Gasteiger partial charge in [-0.05, 0) is 18.2 Å². The molecule has 2 rings (SSSR count). The van der Waals surface area contributed by atoms with Gasteiger partial charge >= 0.3 is 0 Å². The average Bonchev–Trinajstić information content (AvgIpc) is 2.71. The van der Waals surface area contributed by atoms with Crippen LogP contribution < -0.4 is 0 Å². The van der Waals surface area contributed by atoms with Gasteiger partial charge in [-0.15, -0.1) is 21.8 Å². The molecule has 16 heavy (non-hydrogen) atoms. The molecule has 1 aromatic heterocycles. The second kappa shape index (κ2) is 4.57. The minimum absolute atomic E-state index is 0.152. The van der Waals surface area contributed by atoms with Crippen LogP contribution in [0.5, 0.6) is 0 Å². The largest absolute Gasteiger partial charge is 0.421 e. The summed E-state index contributed by atoms with van der Waals surface area (Å²) in [5.41, 5.74) is 0.340. The number of alkyl halides is 1. The first-order chi connectivity index (χ1) is 7.70. The Balaban J connectivity index is 2.31. The van der Waals surface area contributed by atoms with Crippen LogP contribution in [-0.2, 0) is 6.42 Å². The lowest BCUT2D eigenvalue weighted by atomic mass is 10.2. The number of hydrogen-bond donors (Lipinski definition) is 0. The van der Waals surface area contributed by atoms with Crippen molar-refractivity contribution < 1.29 is 13.2 Å². The summed E-state index contributed by atoms with van der Waals surface area (Å²) in [6.07, 6.45) is 0.443. The molecule has 0 fully saturated rings. The first-order valence-electron chi connectivity index (χ1n) is 4.54. The summed E-state index contributed by atoms with van der Waals surface area (Å²) in [5, 5.41) is 7.43. The summed E-state index contributed by atoms with van der Waals surface area (Å²) >= 11 is 5.50. The Morgan fingerprint density at radius 3 is 2.69 bits per heavy atom. The van der Waals surface area contributed by atoms with Crippen LogP contribution in [-0.4, -0.2) is 16.1 Å². The van der Waals surface area contributed by atoms with Crippen molar-refractivity contribution in [2.24, 2.45) is 0 Å². The smallest absolute Gasteiger partial charge is 0.247 e. The van der Waals surface area contributed by atoms with E-state index in [0.717, 1.165) is 12.1 Å². The van der Waals surface area contributed by atoms with E-state index in [1.807, 2.05) is 0 Å². The highest BCUT2D eigenvalue weighted by Gasteiger charge is 2.10. The molecular weight excluding hydrogens is 238 g/mol. The van der Waals surface area contributed by atoms with Gasteiger partial charge in [-0.25, -0.2) is 8.78 Å². The molecule has 0 aliphatic carbocycles. The third-order valence-corrected chi connectivity index (χ3v) is 2.13. The van der Waals surface area contributed by atoms with Gasteiger partial charge in [0.2, 0.25) is 11.8 Å². The van der Waals surface area contributed by atoms with Crippen molar-refractivity contribution >= 4 is 11.6 Å². The molecule has 0 radical (unpaired) electrons. The Kier molecular flexibility index (Phi) is 3.14. The van der Waals surface area contributed by atoms with Crippen LogP contribution in [0.3, 0.4) is 0 Å². The molecular formula is C10H7ClF2N2O. The maximum atomic E-state index is 12.9. The standard InChI is InChI=1S/C10H7ClF2N2O/c11-4-3-9-14-15-10(16-9)6-1-2-7(12)8(13)5-6/h1-2,5H,3-4H2. The van der Waals surface area contributed by atoms with Gasteiger partial charge in [-0.3, -0.25) is 0 Å². The topological polar surface area (TPSA) is 38.9 Å². The number of halogens is 3. The second-order valence-corrected chi connectivity index (χ2v) is 3.45. The first-order valence-corrected chi connectivity index (χ1v) is 5.08. The third-order valence-electron chi connectivity index (χ3n) is 1.94. The number of hydrogen-bond acceptors (Lipinski definition) is 3. The molecule has 84 valence electrons. The minimum atomic E-state index is -0.949. The molecule has 0 N–H and O–H groups in total. The number of benzene rings is 1. The van der Waals surface area contributed by atoms with Crippen LogP contribution in [0, 0.1) is 11.6 Å². The van der Waals surface area contributed by atoms with Crippen LogP contribution in [0.25, 0.3) is 11.5 Å². The number of aromatic nitrogens is 2. The predicted octanol–water partition coefficient (Wildman–Crippen LogP) is 2.80. The average molecular weight is 245 g/mol. The van der Waals surface area contributed by atoms with Crippen molar-refractivity contribution in [1.82, 2.24) is 10.2 Å². The Bertz CT molecular complexity index is 501. The zero-order valence-electron chi connectivity index (χ0n) is 8.08. The third kappa shape index (κ3) is 2.19. The van der Waals surface area contributed by atoms with Crippen LogP contribution in [0.4, 0.5) is 8.78 Å². The predicted molar refractivity (Wildman–Crippen MR) is 54.1 cm³/mol. The van der Waals surface area contributed by atoms with E-state index in [0.29, 0.717) is 23.8 Å². The molecule has 1 aromatic carbocycles. The highest BCUT2D eigenvalue weighted by molar-refractivity contribution is 6.17. The molecule has 0 bridgehead atoms. The Hall–Kier alpha value is -1.49. The van der Waals surface area contributed by atoms with Crippen LogP contribution in [0.15, 0.2) is 22.6 Å². The minimum Gasteiger partial charge on any atom is -0.421 e. The Labute approximate surface area is 95.1 Å². The van der Waals surface area contributed by atoms with E-state index in [9.17, 15) is 8.78 Å². The van der Waals surface area contributed by atoms with Crippen molar-refractivity contribution in [2.45, 2.75) is 6.42 Å². The number of rotatable bonds is 3. The van der Waals surface area contributed by atoms with E-state index in [4.69, 9.17) is 16.0 Å². The van der Waals surface area contributed by atoms with Crippen LogP contribution in [0.1, 0.15) is 5.89 Å². The number of aryl methyl sites for hydroxylation is 1.